The van der Waals surface area contributed by atoms with Crippen LogP contribution in [0.5, 0.6) is 0 Å². The Hall–Kier alpha value is -2.96. The molecule has 3 aromatic rings. The molecule has 4 N–H and O–H groups in total. The van der Waals surface area contributed by atoms with Crippen molar-refractivity contribution < 1.29 is 9.59 Å². The maximum Gasteiger partial charge on any atom is 0.238 e. The van der Waals surface area contributed by atoms with Crippen LogP contribution in [-0.4, -0.2) is 29.5 Å². The van der Waals surface area contributed by atoms with Gasteiger partial charge in [-0.2, -0.15) is 0 Å². The third-order valence-corrected chi connectivity index (χ3v) is 4.95. The molecular weight excluding hydrogens is 340 g/mol. The third-order valence-electron chi connectivity index (χ3n) is 4.95. The fraction of sp³-hybridized carbons (Fsp3) is 0.238. The lowest BCUT2D eigenvalue weighted by atomic mass is 10.0. The molecule has 2 heterocycles. The molecule has 0 atom stereocenters. The number of carbonyl (C=O) groups is 2. The molecule has 1 amide bonds. The van der Waals surface area contributed by atoms with E-state index in [1.807, 2.05) is 53.1 Å². The van der Waals surface area contributed by atoms with Crippen LogP contribution in [0, 0.1) is 0 Å². The molecule has 0 unspecified atom stereocenters. The van der Waals surface area contributed by atoms with E-state index in [1.165, 1.54) is 0 Å². The number of fused-ring (bicyclic) bond motifs is 3. The van der Waals surface area contributed by atoms with Crippen LogP contribution >= 0.6 is 0 Å². The van der Waals surface area contributed by atoms with Crippen molar-refractivity contribution in [1.29, 1.82) is 0 Å². The zero-order valence-electron chi connectivity index (χ0n) is 15.0. The van der Waals surface area contributed by atoms with Crippen LogP contribution in [-0.2, 0) is 24.2 Å². The Balaban J connectivity index is 1.84. The predicted molar refractivity (Wildman–Crippen MR) is 106 cm³/mol. The summed E-state index contributed by atoms with van der Waals surface area (Å²) in [6.07, 6.45) is 1.14. The van der Waals surface area contributed by atoms with Gasteiger partial charge in [-0.25, -0.2) is 0 Å². The van der Waals surface area contributed by atoms with E-state index in [-0.39, 0.29) is 18.4 Å². The van der Waals surface area contributed by atoms with E-state index in [0.717, 1.165) is 40.7 Å². The lowest BCUT2D eigenvalue weighted by Gasteiger charge is -2.16. The molecule has 138 valence electrons. The van der Waals surface area contributed by atoms with Gasteiger partial charge in [-0.1, -0.05) is 36.4 Å². The molecular formula is C21H22N4O2. The van der Waals surface area contributed by atoms with Gasteiger partial charge in [0.15, 0.2) is 0 Å². The van der Waals surface area contributed by atoms with Gasteiger partial charge in [-0.15, -0.1) is 0 Å². The minimum atomic E-state index is -0.242. The van der Waals surface area contributed by atoms with Crippen LogP contribution in [0.2, 0.25) is 0 Å². The highest BCUT2D eigenvalue weighted by atomic mass is 16.2. The van der Waals surface area contributed by atoms with Gasteiger partial charge < -0.3 is 16.4 Å². The Labute approximate surface area is 157 Å². The topological polar surface area (TPSA) is 89.2 Å². The van der Waals surface area contributed by atoms with Crippen molar-refractivity contribution in [3.05, 3.63) is 65.4 Å². The van der Waals surface area contributed by atoms with Crippen molar-refractivity contribution in [3.8, 4) is 0 Å². The number of benzene rings is 2. The number of aromatic nitrogens is 1. The summed E-state index contributed by atoms with van der Waals surface area (Å²) in [5.41, 5.74) is 10.1. The van der Waals surface area contributed by atoms with E-state index >= 15 is 0 Å². The molecule has 27 heavy (non-hydrogen) atoms. The number of amides is 1. The summed E-state index contributed by atoms with van der Waals surface area (Å²) in [7, 11) is 0. The van der Waals surface area contributed by atoms with Crippen LogP contribution in [0.15, 0.2) is 48.5 Å². The fourth-order valence-electron chi connectivity index (χ4n) is 3.78. The minimum absolute atomic E-state index is 0.0263. The maximum absolute atomic E-state index is 13.2. The second-order valence-electron chi connectivity index (χ2n) is 6.70. The molecule has 0 bridgehead atoms. The first-order chi connectivity index (χ1) is 13.2. The molecule has 1 aromatic heterocycles. The van der Waals surface area contributed by atoms with Gasteiger partial charge >= 0.3 is 0 Å². The van der Waals surface area contributed by atoms with Gasteiger partial charge in [0, 0.05) is 17.6 Å². The van der Waals surface area contributed by atoms with Crippen molar-refractivity contribution in [2.45, 2.75) is 19.4 Å². The van der Waals surface area contributed by atoms with E-state index in [2.05, 4.69) is 10.6 Å². The van der Waals surface area contributed by atoms with E-state index < -0.39 is 0 Å². The van der Waals surface area contributed by atoms with Crippen LogP contribution < -0.4 is 16.4 Å². The standard InChI is InChI=1S/C21H22N4O2/c22-12-19(26)24-16-7-4-8-17-21(16)15-9-10-23-13-18(15)25(17)20(27)11-14-5-2-1-3-6-14/h1-8,23H,9-13,22H2,(H,24,26). The molecule has 0 aliphatic carbocycles. The van der Waals surface area contributed by atoms with Gasteiger partial charge in [0.25, 0.3) is 0 Å². The zero-order valence-corrected chi connectivity index (χ0v) is 15.0. The minimum Gasteiger partial charge on any atom is -0.324 e. The quantitative estimate of drug-likeness (QED) is 0.663. The predicted octanol–water partition coefficient (Wildman–Crippen LogP) is 2.07. The molecule has 0 radical (unpaired) electrons. The lowest BCUT2D eigenvalue weighted by Crippen LogP contribution is -2.27. The van der Waals surface area contributed by atoms with Gasteiger partial charge in [0.2, 0.25) is 11.8 Å². The highest BCUT2D eigenvalue weighted by molar-refractivity contribution is 6.07. The normalized spacial score (nSPS) is 13.4. The van der Waals surface area contributed by atoms with Crippen LogP contribution in [0.25, 0.3) is 10.9 Å². The maximum atomic E-state index is 13.2. The second kappa shape index (κ2) is 7.34. The SMILES string of the molecule is NCC(=O)Nc1cccc2c1c1c(n2C(=O)Cc2ccccc2)CNCC1. The molecule has 0 saturated heterocycles. The molecule has 1 aliphatic heterocycles. The van der Waals surface area contributed by atoms with Crippen LogP contribution in [0.3, 0.4) is 0 Å². The summed E-state index contributed by atoms with van der Waals surface area (Å²) in [4.78, 5) is 25.0. The van der Waals surface area contributed by atoms with Gasteiger partial charge in [-0.3, -0.25) is 14.2 Å². The molecule has 0 spiro atoms. The molecule has 6 nitrogen and oxygen atoms in total. The summed E-state index contributed by atoms with van der Waals surface area (Å²) >= 11 is 0. The Morgan fingerprint density at radius 1 is 1.11 bits per heavy atom. The number of nitrogens with one attached hydrogen (secondary N) is 2. The van der Waals surface area contributed by atoms with Gasteiger partial charge in [0.1, 0.15) is 0 Å². The molecule has 6 heteroatoms. The molecule has 0 fully saturated rings. The molecule has 4 rings (SSSR count). The van der Waals surface area contributed by atoms with Crippen LogP contribution in [0.1, 0.15) is 21.6 Å². The monoisotopic (exact) mass is 362 g/mol. The lowest BCUT2D eigenvalue weighted by molar-refractivity contribution is -0.114. The molecule has 1 aliphatic rings. The second-order valence-corrected chi connectivity index (χ2v) is 6.70. The van der Waals surface area contributed by atoms with E-state index in [1.54, 1.807) is 0 Å². The number of nitrogens with zero attached hydrogens (tertiary/aromatic N) is 1. The summed E-state index contributed by atoms with van der Waals surface area (Å²) in [6.45, 7) is 1.40. The Morgan fingerprint density at radius 2 is 1.93 bits per heavy atom. The first-order valence-electron chi connectivity index (χ1n) is 9.12. The summed E-state index contributed by atoms with van der Waals surface area (Å²) < 4.78 is 1.81. The van der Waals surface area contributed by atoms with E-state index in [9.17, 15) is 9.59 Å². The molecule has 2 aromatic carbocycles. The van der Waals surface area contributed by atoms with E-state index in [4.69, 9.17) is 5.73 Å². The fourth-order valence-corrected chi connectivity index (χ4v) is 3.78. The summed E-state index contributed by atoms with van der Waals surface area (Å²) in [5, 5.41) is 7.17. The first-order valence-corrected chi connectivity index (χ1v) is 9.12. The first kappa shape index (κ1) is 17.5. The zero-order chi connectivity index (χ0) is 18.8. The van der Waals surface area contributed by atoms with Gasteiger partial charge in [-0.05, 0) is 36.2 Å². The number of anilines is 1. The number of rotatable bonds is 4. The number of hydrogen-bond donors (Lipinski definition) is 3. The van der Waals surface area contributed by atoms with Gasteiger partial charge in [0.05, 0.1) is 24.2 Å². The number of carbonyl (C=O) groups excluding carboxylic acids is 2. The number of hydrogen-bond acceptors (Lipinski definition) is 4. The van der Waals surface area contributed by atoms with E-state index in [0.29, 0.717) is 18.7 Å². The average molecular weight is 362 g/mol. The van der Waals surface area contributed by atoms with Crippen molar-refractivity contribution in [2.75, 3.05) is 18.4 Å². The summed E-state index contributed by atoms with van der Waals surface area (Å²) in [5.74, 6) is -0.216. The highest BCUT2D eigenvalue weighted by Crippen LogP contribution is 2.34. The van der Waals surface area contributed by atoms with Crippen molar-refractivity contribution >= 4 is 28.4 Å². The Bertz CT molecular complexity index is 1010. The smallest absolute Gasteiger partial charge is 0.238 e. The highest BCUT2D eigenvalue weighted by Gasteiger charge is 2.25. The number of nitrogens with two attached hydrogens (primary N) is 1. The Kier molecular flexibility index (Phi) is 4.75. The molecule has 0 saturated carbocycles. The largest absolute Gasteiger partial charge is 0.324 e. The van der Waals surface area contributed by atoms with Crippen molar-refractivity contribution in [2.24, 2.45) is 5.73 Å². The third kappa shape index (κ3) is 3.25. The summed E-state index contributed by atoms with van der Waals surface area (Å²) in [6, 6.07) is 15.4. The Morgan fingerprint density at radius 3 is 2.70 bits per heavy atom. The van der Waals surface area contributed by atoms with Crippen molar-refractivity contribution in [1.82, 2.24) is 9.88 Å². The average Bonchev–Trinajstić information content (AvgIpc) is 3.04. The van der Waals surface area contributed by atoms with Crippen LogP contribution in [0.4, 0.5) is 5.69 Å². The van der Waals surface area contributed by atoms with Crippen molar-refractivity contribution in [3.63, 3.8) is 0 Å².